The molecule has 0 unspecified atom stereocenters. The SMILES string of the molecule is Cc1ccc2c(c1)c1ccc[c-]c1c1nccn21.[Ir]. The van der Waals surface area contributed by atoms with Crippen molar-refractivity contribution in [2.24, 2.45) is 0 Å². The molecule has 0 aliphatic carbocycles. The smallest absolute Gasteiger partial charge is 0.0608 e. The number of hydrogen-bond donors (Lipinski definition) is 0. The minimum absolute atomic E-state index is 0. The molecule has 0 amide bonds. The Kier molecular flexibility index (Phi) is 2.89. The number of nitrogens with zero attached hydrogens (tertiary/aromatic N) is 2. The Morgan fingerprint density at radius 3 is 2.95 bits per heavy atom. The van der Waals surface area contributed by atoms with Crippen LogP contribution in [0.3, 0.4) is 0 Å². The Labute approximate surface area is 124 Å². The fraction of sp³-hybridized carbons (Fsp3) is 0.0625. The molecule has 0 bridgehead atoms. The van der Waals surface area contributed by atoms with Gasteiger partial charge >= 0.3 is 0 Å². The zero-order valence-corrected chi connectivity index (χ0v) is 12.7. The molecule has 0 saturated heterocycles. The Balaban J connectivity index is 0.00000110. The maximum Gasteiger partial charge on any atom is 0.0608 e. The third kappa shape index (κ3) is 1.70. The normalized spacial score (nSPS) is 11.0. The van der Waals surface area contributed by atoms with Crippen molar-refractivity contribution in [3.63, 3.8) is 0 Å². The van der Waals surface area contributed by atoms with E-state index in [0.717, 1.165) is 11.0 Å². The molecule has 4 aromatic rings. The summed E-state index contributed by atoms with van der Waals surface area (Å²) in [5, 5.41) is 3.56. The average Bonchev–Trinajstić information content (AvgIpc) is 2.88. The van der Waals surface area contributed by atoms with Crippen molar-refractivity contribution in [2.45, 2.75) is 6.92 Å². The fourth-order valence-electron chi connectivity index (χ4n) is 2.60. The molecule has 0 N–H and O–H groups in total. The van der Waals surface area contributed by atoms with Crippen LogP contribution in [0.25, 0.3) is 27.3 Å². The van der Waals surface area contributed by atoms with Gasteiger partial charge in [-0.25, -0.2) is 0 Å². The first-order valence-electron chi connectivity index (χ1n) is 6.00. The molecule has 4 rings (SSSR count). The first-order valence-corrected chi connectivity index (χ1v) is 6.00. The molecule has 2 aromatic heterocycles. The van der Waals surface area contributed by atoms with Crippen molar-refractivity contribution >= 4 is 27.3 Å². The summed E-state index contributed by atoms with van der Waals surface area (Å²) in [6.45, 7) is 2.12. The van der Waals surface area contributed by atoms with E-state index in [4.69, 9.17) is 0 Å². The Hall–Kier alpha value is -1.70. The van der Waals surface area contributed by atoms with E-state index in [-0.39, 0.29) is 20.1 Å². The number of rotatable bonds is 0. The maximum absolute atomic E-state index is 4.45. The number of benzene rings is 2. The molecule has 2 aromatic carbocycles. The summed E-state index contributed by atoms with van der Waals surface area (Å²) in [7, 11) is 0. The number of aromatic nitrogens is 2. The van der Waals surface area contributed by atoms with Crippen LogP contribution in [0.15, 0.2) is 48.8 Å². The largest absolute Gasteiger partial charge is 0.340 e. The molecular formula is C16H11IrN2-. The zero-order chi connectivity index (χ0) is 12.1. The molecule has 3 heteroatoms. The van der Waals surface area contributed by atoms with Gasteiger partial charge in [-0.05, 0) is 18.4 Å². The Morgan fingerprint density at radius 2 is 2.05 bits per heavy atom. The van der Waals surface area contributed by atoms with E-state index in [1.54, 1.807) is 0 Å². The van der Waals surface area contributed by atoms with Crippen LogP contribution in [0.5, 0.6) is 0 Å². The first kappa shape index (κ1) is 12.3. The van der Waals surface area contributed by atoms with Crippen LogP contribution in [0.4, 0.5) is 0 Å². The molecule has 2 heterocycles. The fourth-order valence-corrected chi connectivity index (χ4v) is 2.60. The van der Waals surface area contributed by atoms with Crippen LogP contribution < -0.4 is 0 Å². The van der Waals surface area contributed by atoms with Crippen LogP contribution in [0, 0.1) is 13.0 Å². The summed E-state index contributed by atoms with van der Waals surface area (Å²) in [6, 6.07) is 15.9. The summed E-state index contributed by atoms with van der Waals surface area (Å²) < 4.78 is 2.13. The van der Waals surface area contributed by atoms with Crippen molar-refractivity contribution in [1.29, 1.82) is 0 Å². The van der Waals surface area contributed by atoms with Crippen LogP contribution in [0.1, 0.15) is 5.56 Å². The molecular weight excluding hydrogens is 412 g/mol. The van der Waals surface area contributed by atoms with Crippen LogP contribution in [-0.2, 0) is 20.1 Å². The number of hydrogen-bond acceptors (Lipinski definition) is 1. The van der Waals surface area contributed by atoms with Gasteiger partial charge in [-0.15, -0.1) is 29.7 Å². The Bertz CT molecular complexity index is 893. The van der Waals surface area contributed by atoms with E-state index in [0.29, 0.717) is 0 Å². The van der Waals surface area contributed by atoms with E-state index in [2.05, 4.69) is 46.6 Å². The topological polar surface area (TPSA) is 17.3 Å². The Morgan fingerprint density at radius 1 is 1.16 bits per heavy atom. The molecule has 0 aliphatic heterocycles. The quantitative estimate of drug-likeness (QED) is 0.311. The second-order valence-electron chi connectivity index (χ2n) is 4.60. The van der Waals surface area contributed by atoms with Gasteiger partial charge in [0, 0.05) is 38.0 Å². The minimum Gasteiger partial charge on any atom is -0.340 e. The molecule has 0 saturated carbocycles. The third-order valence-electron chi connectivity index (χ3n) is 3.42. The monoisotopic (exact) mass is 424 g/mol. The van der Waals surface area contributed by atoms with Gasteiger partial charge in [0.25, 0.3) is 0 Å². The molecule has 0 aliphatic rings. The van der Waals surface area contributed by atoms with Gasteiger partial charge in [-0.2, -0.15) is 0 Å². The van der Waals surface area contributed by atoms with Crippen molar-refractivity contribution in [3.05, 3.63) is 60.4 Å². The van der Waals surface area contributed by atoms with Crippen LogP contribution in [0.2, 0.25) is 0 Å². The summed E-state index contributed by atoms with van der Waals surface area (Å²) >= 11 is 0. The summed E-state index contributed by atoms with van der Waals surface area (Å²) in [6.07, 6.45) is 3.85. The molecule has 0 fully saturated rings. The number of pyridine rings is 1. The number of imidazole rings is 1. The minimum atomic E-state index is 0. The molecule has 95 valence electrons. The van der Waals surface area contributed by atoms with Gasteiger partial charge in [-0.1, -0.05) is 23.1 Å². The van der Waals surface area contributed by atoms with E-state index >= 15 is 0 Å². The van der Waals surface area contributed by atoms with Crippen molar-refractivity contribution < 1.29 is 20.1 Å². The van der Waals surface area contributed by atoms with Crippen LogP contribution in [-0.4, -0.2) is 9.38 Å². The second-order valence-corrected chi connectivity index (χ2v) is 4.60. The summed E-state index contributed by atoms with van der Waals surface area (Å²) in [5.41, 5.74) is 3.44. The van der Waals surface area contributed by atoms with E-state index in [1.165, 1.54) is 21.9 Å². The van der Waals surface area contributed by atoms with Gasteiger partial charge in [0.05, 0.1) is 5.65 Å². The molecule has 1 radical (unpaired) electrons. The van der Waals surface area contributed by atoms with Gasteiger partial charge in [0.2, 0.25) is 0 Å². The van der Waals surface area contributed by atoms with Crippen molar-refractivity contribution in [1.82, 2.24) is 9.38 Å². The second kappa shape index (κ2) is 4.44. The predicted molar refractivity (Wildman–Crippen MR) is 73.8 cm³/mol. The number of fused-ring (bicyclic) bond motifs is 6. The van der Waals surface area contributed by atoms with Gasteiger partial charge in [0.1, 0.15) is 0 Å². The zero-order valence-electron chi connectivity index (χ0n) is 10.3. The molecule has 19 heavy (non-hydrogen) atoms. The molecule has 2 nitrogen and oxygen atoms in total. The standard InChI is InChI=1S/C16H11N2.Ir/c1-11-6-7-15-14(10-11)12-4-2-3-5-13(12)16-17-8-9-18(15)16;/h2-4,6-10H,1H3;/q-1;. The molecule has 0 atom stereocenters. The van der Waals surface area contributed by atoms with Crippen LogP contribution >= 0.6 is 0 Å². The van der Waals surface area contributed by atoms with Crippen molar-refractivity contribution in [3.8, 4) is 0 Å². The first-order chi connectivity index (χ1) is 8.84. The summed E-state index contributed by atoms with van der Waals surface area (Å²) in [5.74, 6) is 0. The average molecular weight is 423 g/mol. The van der Waals surface area contributed by atoms with Gasteiger partial charge < -0.3 is 4.40 Å². The van der Waals surface area contributed by atoms with Gasteiger partial charge in [-0.3, -0.25) is 4.98 Å². The van der Waals surface area contributed by atoms with Crippen molar-refractivity contribution in [2.75, 3.05) is 0 Å². The molecule has 0 spiro atoms. The maximum atomic E-state index is 4.45. The van der Waals surface area contributed by atoms with E-state index in [9.17, 15) is 0 Å². The third-order valence-corrected chi connectivity index (χ3v) is 3.42. The predicted octanol–water partition coefficient (Wildman–Crippen LogP) is 3.75. The summed E-state index contributed by atoms with van der Waals surface area (Å²) in [4.78, 5) is 4.45. The number of aryl methyl sites for hydroxylation is 1. The van der Waals surface area contributed by atoms with Gasteiger partial charge in [0.15, 0.2) is 0 Å². The van der Waals surface area contributed by atoms with E-state index in [1.807, 2.05) is 24.5 Å². The van der Waals surface area contributed by atoms with E-state index < -0.39 is 0 Å².